The van der Waals surface area contributed by atoms with Crippen molar-refractivity contribution in [1.82, 2.24) is 9.55 Å². The van der Waals surface area contributed by atoms with Crippen LogP contribution in [0.1, 0.15) is 63.8 Å². The van der Waals surface area contributed by atoms with Crippen LogP contribution in [0.2, 0.25) is 0 Å². The maximum atomic E-state index is 6.89. The number of pyridine rings is 1. The van der Waals surface area contributed by atoms with Crippen LogP contribution in [-0.4, -0.2) is 9.55 Å². The molecule has 0 N–H and O–H groups in total. The van der Waals surface area contributed by atoms with Gasteiger partial charge in [-0.2, -0.15) is 0 Å². The molecule has 52 heavy (non-hydrogen) atoms. The molecule has 0 amide bonds. The van der Waals surface area contributed by atoms with Crippen LogP contribution in [0.15, 0.2) is 121 Å². The maximum absolute atomic E-state index is 6.89. The molecule has 7 aromatic rings. The number of nitrogens with zero attached hydrogens (tertiary/aromatic N) is 4. The van der Waals surface area contributed by atoms with Gasteiger partial charge in [0.2, 0.25) is 0 Å². The number of ether oxygens (including phenoxy) is 1. The standard InChI is InChI=1S/C46H45N4O.Pt/c1-30-36(48-29-49(40-21-14-13-20-39(40)48)38-19-12-10-17-35(38)46(6,7)8)22-15-23-41(30)51-42-25-24-34-33-16-9-11-18-37(33)50(44(34)31(42)2)43-28-32(26-27-47-43)45(3,4)5;/h9-29H,1-8H3;/q-1;. The summed E-state index contributed by atoms with van der Waals surface area (Å²) in [5.74, 6) is 2.56. The van der Waals surface area contributed by atoms with E-state index in [1.54, 1.807) is 0 Å². The Labute approximate surface area is 322 Å². The van der Waals surface area contributed by atoms with Gasteiger partial charge in [0.25, 0.3) is 0 Å². The van der Waals surface area contributed by atoms with Gasteiger partial charge >= 0.3 is 0 Å². The van der Waals surface area contributed by atoms with Crippen molar-refractivity contribution in [3.63, 3.8) is 0 Å². The monoisotopic (exact) mass is 864 g/mol. The van der Waals surface area contributed by atoms with Gasteiger partial charge in [-0.1, -0.05) is 96.1 Å². The molecule has 266 valence electrons. The Morgan fingerprint density at radius 3 is 1.90 bits per heavy atom. The molecule has 3 heterocycles. The number of anilines is 4. The van der Waals surface area contributed by atoms with Gasteiger partial charge in [0.15, 0.2) is 0 Å². The van der Waals surface area contributed by atoms with E-state index in [1.165, 1.54) is 27.6 Å². The Bertz CT molecular complexity index is 2450. The van der Waals surface area contributed by atoms with E-state index in [0.29, 0.717) is 0 Å². The molecule has 0 bridgehead atoms. The third kappa shape index (κ3) is 5.99. The molecule has 0 saturated carbocycles. The number of para-hydroxylation sites is 4. The smallest absolute Gasteiger partial charge is 0.137 e. The van der Waals surface area contributed by atoms with E-state index < -0.39 is 0 Å². The Hall–Kier alpha value is -4.86. The van der Waals surface area contributed by atoms with Crippen LogP contribution in [0.3, 0.4) is 0 Å². The van der Waals surface area contributed by atoms with Crippen molar-refractivity contribution < 1.29 is 25.8 Å². The number of benzene rings is 5. The average Bonchev–Trinajstić information content (AvgIpc) is 3.66. The van der Waals surface area contributed by atoms with Crippen molar-refractivity contribution in [3.8, 4) is 17.3 Å². The van der Waals surface area contributed by atoms with Gasteiger partial charge < -0.3 is 14.5 Å². The fourth-order valence-corrected chi connectivity index (χ4v) is 7.47. The Balaban J connectivity index is 0.00000420. The zero-order valence-corrected chi connectivity index (χ0v) is 33.4. The zero-order valence-electron chi connectivity index (χ0n) is 31.1. The van der Waals surface area contributed by atoms with Gasteiger partial charge in [-0.15, -0.1) is 6.67 Å². The topological polar surface area (TPSA) is 33.5 Å². The molecule has 0 unspecified atom stereocenters. The summed E-state index contributed by atoms with van der Waals surface area (Å²) in [6.45, 7) is 20.1. The number of hydrogen-bond donors (Lipinski definition) is 0. The van der Waals surface area contributed by atoms with Gasteiger partial charge in [0.1, 0.15) is 17.3 Å². The normalized spacial score (nSPS) is 13.1. The average molecular weight is 865 g/mol. The minimum absolute atomic E-state index is 0. The van der Waals surface area contributed by atoms with Crippen LogP contribution >= 0.6 is 0 Å². The van der Waals surface area contributed by atoms with Gasteiger partial charge in [-0.3, -0.25) is 4.57 Å². The first-order chi connectivity index (χ1) is 24.4. The summed E-state index contributed by atoms with van der Waals surface area (Å²) in [5.41, 5.74) is 11.5. The molecule has 1 aliphatic rings. The van der Waals surface area contributed by atoms with E-state index in [-0.39, 0.29) is 31.9 Å². The van der Waals surface area contributed by atoms with E-state index in [2.05, 4.69) is 192 Å². The number of rotatable bonds is 5. The minimum atomic E-state index is -0.00735. The van der Waals surface area contributed by atoms with Crippen molar-refractivity contribution >= 4 is 44.6 Å². The summed E-state index contributed by atoms with van der Waals surface area (Å²) in [7, 11) is 0. The van der Waals surface area contributed by atoms with Gasteiger partial charge in [-0.05, 0) is 96.5 Å². The Morgan fingerprint density at radius 1 is 0.577 bits per heavy atom. The van der Waals surface area contributed by atoms with Crippen LogP contribution in [-0.2, 0) is 31.9 Å². The molecular formula is C46H45N4OPt-. The predicted octanol–water partition coefficient (Wildman–Crippen LogP) is 12.6. The van der Waals surface area contributed by atoms with Crippen LogP contribution in [0.25, 0.3) is 27.6 Å². The summed E-state index contributed by atoms with van der Waals surface area (Å²) in [5, 5.41) is 2.38. The van der Waals surface area contributed by atoms with Crippen LogP contribution < -0.4 is 14.5 Å². The molecule has 0 saturated heterocycles. The Morgan fingerprint density at radius 2 is 1.19 bits per heavy atom. The molecule has 0 aliphatic carbocycles. The summed E-state index contributed by atoms with van der Waals surface area (Å²) in [4.78, 5) is 9.51. The van der Waals surface area contributed by atoms with Gasteiger partial charge in [0.05, 0.1) is 11.0 Å². The predicted molar refractivity (Wildman–Crippen MR) is 213 cm³/mol. The summed E-state index contributed by atoms with van der Waals surface area (Å²) < 4.78 is 9.19. The molecule has 0 atom stereocenters. The summed E-state index contributed by atoms with van der Waals surface area (Å²) >= 11 is 0. The second-order valence-electron chi connectivity index (χ2n) is 15.7. The van der Waals surface area contributed by atoms with E-state index in [0.717, 1.165) is 56.5 Å². The first-order valence-electron chi connectivity index (χ1n) is 17.8. The Kier molecular flexibility index (Phi) is 9.07. The summed E-state index contributed by atoms with van der Waals surface area (Å²) in [6, 6.07) is 40.9. The number of fused-ring (bicyclic) bond motifs is 4. The summed E-state index contributed by atoms with van der Waals surface area (Å²) in [6.07, 6.45) is 1.93. The number of hydrogen-bond acceptors (Lipinski definition) is 4. The maximum Gasteiger partial charge on any atom is 0.137 e. The molecule has 0 radical (unpaired) electrons. The zero-order chi connectivity index (χ0) is 35.7. The molecule has 6 heteroatoms. The SMILES string of the molecule is Cc1c(Oc2ccc3c4ccccc4n(-c4cc(C(C)(C)C)ccn4)c3c2C)cccc1N1[CH-]N(c2ccccc2C(C)(C)C)c2ccccc21.[Pt]. The fraction of sp³-hybridized carbons (Fsp3) is 0.217. The van der Waals surface area contributed by atoms with Crippen molar-refractivity contribution in [3.05, 3.63) is 150 Å². The van der Waals surface area contributed by atoms with E-state index >= 15 is 0 Å². The quantitative estimate of drug-likeness (QED) is 0.161. The fourth-order valence-electron chi connectivity index (χ4n) is 7.47. The molecular weight excluding hydrogens is 820 g/mol. The second kappa shape index (κ2) is 13.3. The van der Waals surface area contributed by atoms with E-state index in [9.17, 15) is 0 Å². The van der Waals surface area contributed by atoms with Crippen molar-refractivity contribution in [1.29, 1.82) is 0 Å². The van der Waals surface area contributed by atoms with E-state index in [1.807, 2.05) is 6.20 Å². The third-order valence-corrected chi connectivity index (χ3v) is 10.2. The largest absolute Gasteiger partial charge is 0.473 e. The van der Waals surface area contributed by atoms with E-state index in [4.69, 9.17) is 9.72 Å². The molecule has 5 nitrogen and oxygen atoms in total. The molecule has 2 aromatic heterocycles. The molecule has 1 aliphatic heterocycles. The molecule has 0 spiro atoms. The van der Waals surface area contributed by atoms with Crippen molar-refractivity contribution in [2.24, 2.45) is 0 Å². The second-order valence-corrected chi connectivity index (χ2v) is 15.7. The number of aromatic nitrogens is 2. The first-order valence-corrected chi connectivity index (χ1v) is 17.8. The van der Waals surface area contributed by atoms with Gasteiger partial charge in [0, 0.05) is 71.9 Å². The molecule has 0 fully saturated rings. The van der Waals surface area contributed by atoms with Crippen molar-refractivity contribution in [2.75, 3.05) is 9.80 Å². The number of aryl methyl sites for hydroxylation is 1. The van der Waals surface area contributed by atoms with Crippen molar-refractivity contribution in [2.45, 2.75) is 66.2 Å². The van der Waals surface area contributed by atoms with Crippen LogP contribution in [0, 0.1) is 20.5 Å². The van der Waals surface area contributed by atoms with Crippen LogP contribution in [0.4, 0.5) is 22.7 Å². The van der Waals surface area contributed by atoms with Gasteiger partial charge in [-0.25, -0.2) is 4.98 Å². The minimum Gasteiger partial charge on any atom is -0.473 e. The third-order valence-electron chi connectivity index (χ3n) is 10.2. The molecule has 5 aromatic carbocycles. The van der Waals surface area contributed by atoms with Crippen LogP contribution in [0.5, 0.6) is 11.5 Å². The molecule has 8 rings (SSSR count). The first kappa shape index (κ1) is 35.5.